The number of halogens is 2. The van der Waals surface area contributed by atoms with Gasteiger partial charge in [0.15, 0.2) is 0 Å². The second-order valence-electron chi connectivity index (χ2n) is 10.0. The lowest BCUT2D eigenvalue weighted by Crippen LogP contribution is -2.37. The van der Waals surface area contributed by atoms with Crippen LogP contribution in [0.1, 0.15) is 33.1 Å². The van der Waals surface area contributed by atoms with Crippen molar-refractivity contribution < 1.29 is 24.2 Å². The van der Waals surface area contributed by atoms with Gasteiger partial charge in [0.2, 0.25) is 11.9 Å². The molecule has 0 fully saturated rings. The molecule has 0 saturated heterocycles. The number of nitrogens with zero attached hydrogens (tertiary/aromatic N) is 5. The summed E-state index contributed by atoms with van der Waals surface area (Å²) in [4.78, 5) is 11.6. The van der Waals surface area contributed by atoms with Gasteiger partial charge >= 0.3 is 5.97 Å². The molecule has 212 valence electrons. The van der Waals surface area contributed by atoms with Gasteiger partial charge in [-0.3, -0.25) is 5.21 Å². The number of hydrogen-bond acceptors (Lipinski definition) is 5. The molecule has 6 aromatic rings. The number of benzene rings is 4. The molecule has 0 aliphatic heterocycles. The van der Waals surface area contributed by atoms with E-state index >= 15 is 4.39 Å². The minimum absolute atomic E-state index is 0.106. The third kappa shape index (κ3) is 5.98. The van der Waals surface area contributed by atoms with Crippen molar-refractivity contribution in [3.8, 4) is 27.9 Å². The fourth-order valence-electron chi connectivity index (χ4n) is 5.20. The number of hydrogen-bond donors (Lipinski definition) is 2. The average molecular weight is 593 g/mol. The molecular weight excluding hydrogens is 569 g/mol. The number of carbonyl (C=O) groups is 1. The number of aromatic carboxylic acids is 1. The van der Waals surface area contributed by atoms with E-state index in [4.69, 9.17) is 11.6 Å². The van der Waals surface area contributed by atoms with Crippen molar-refractivity contribution in [1.82, 2.24) is 20.2 Å². The highest BCUT2D eigenvalue weighted by atomic mass is 35.5. The molecule has 0 saturated carbocycles. The highest BCUT2D eigenvalue weighted by Crippen LogP contribution is 2.34. The molecule has 8 nitrogen and oxygen atoms in total. The molecule has 1 atom stereocenters. The molecular formula is C33H24ClFN5O3+. The van der Waals surface area contributed by atoms with Crippen LogP contribution in [0, 0.1) is 5.82 Å². The molecule has 2 aromatic heterocycles. The van der Waals surface area contributed by atoms with E-state index in [1.54, 1.807) is 42.6 Å². The van der Waals surface area contributed by atoms with E-state index in [0.717, 1.165) is 10.3 Å². The summed E-state index contributed by atoms with van der Waals surface area (Å²) >= 11 is 6.33. The molecule has 43 heavy (non-hydrogen) atoms. The summed E-state index contributed by atoms with van der Waals surface area (Å²) in [6.45, 7) is 0. The molecule has 0 aliphatic carbocycles. The van der Waals surface area contributed by atoms with Crippen molar-refractivity contribution >= 4 is 17.6 Å². The third-order valence-electron chi connectivity index (χ3n) is 7.23. The first kappa shape index (κ1) is 27.7. The van der Waals surface area contributed by atoms with Crippen molar-refractivity contribution in [1.29, 1.82) is 0 Å². The molecule has 6 rings (SSSR count). The summed E-state index contributed by atoms with van der Waals surface area (Å²) in [5.41, 5.74) is 5.36. The molecule has 1 unspecified atom stereocenters. The summed E-state index contributed by atoms with van der Waals surface area (Å²) in [7, 11) is 0. The first-order chi connectivity index (χ1) is 20.9. The molecule has 0 amide bonds. The molecule has 2 N–H and O–H groups in total. The maximum Gasteiger partial charge on any atom is 0.335 e. The zero-order valence-corrected chi connectivity index (χ0v) is 23.3. The number of carboxylic acids is 1. The number of pyridine rings is 1. The Morgan fingerprint density at radius 1 is 0.907 bits per heavy atom. The van der Waals surface area contributed by atoms with Crippen LogP contribution < -0.4 is 4.73 Å². The van der Waals surface area contributed by atoms with Crippen molar-refractivity contribution in [2.45, 2.75) is 12.3 Å². The third-order valence-corrected chi connectivity index (χ3v) is 7.47. The Morgan fingerprint density at radius 2 is 1.74 bits per heavy atom. The Balaban J connectivity index is 1.46. The first-order valence-electron chi connectivity index (χ1n) is 13.3. The van der Waals surface area contributed by atoms with Crippen LogP contribution >= 0.6 is 11.6 Å². The lowest BCUT2D eigenvalue weighted by atomic mass is 9.86. The van der Waals surface area contributed by atoms with Gasteiger partial charge in [-0.15, -0.1) is 5.10 Å². The Bertz CT molecular complexity index is 1930. The fourth-order valence-corrected chi connectivity index (χ4v) is 5.37. The Hall–Kier alpha value is -5.41. The van der Waals surface area contributed by atoms with Crippen molar-refractivity contribution in [2.75, 3.05) is 0 Å². The molecule has 0 spiro atoms. The van der Waals surface area contributed by atoms with E-state index in [2.05, 4.69) is 15.5 Å². The van der Waals surface area contributed by atoms with Gasteiger partial charge in [-0.1, -0.05) is 60.1 Å². The summed E-state index contributed by atoms with van der Waals surface area (Å²) < 4.78 is 17.7. The minimum Gasteiger partial charge on any atom is -0.478 e. The molecule has 4 aromatic carbocycles. The van der Waals surface area contributed by atoms with Gasteiger partial charge in [-0.05, 0) is 87.6 Å². The van der Waals surface area contributed by atoms with Crippen LogP contribution in [0.4, 0.5) is 4.39 Å². The zero-order valence-electron chi connectivity index (χ0n) is 22.5. The van der Waals surface area contributed by atoms with Crippen LogP contribution in [0.25, 0.3) is 27.9 Å². The van der Waals surface area contributed by atoms with Gasteiger partial charge in [0.05, 0.1) is 22.7 Å². The lowest BCUT2D eigenvalue weighted by molar-refractivity contribution is -0.909. The van der Waals surface area contributed by atoms with Crippen molar-refractivity contribution in [2.24, 2.45) is 0 Å². The van der Waals surface area contributed by atoms with Crippen LogP contribution in [-0.4, -0.2) is 36.5 Å². The second-order valence-corrected chi connectivity index (χ2v) is 10.4. The smallest absolute Gasteiger partial charge is 0.335 e. The van der Waals surface area contributed by atoms with E-state index in [-0.39, 0.29) is 5.56 Å². The highest BCUT2D eigenvalue weighted by Gasteiger charge is 2.27. The topological polar surface area (TPSA) is 105 Å². The Kier molecular flexibility index (Phi) is 7.63. The average Bonchev–Trinajstić information content (AvgIpc) is 3.55. The number of carboxylic acid groups (broad SMARTS) is 1. The van der Waals surface area contributed by atoms with Crippen LogP contribution in [0.15, 0.2) is 116 Å². The second kappa shape index (κ2) is 11.8. The minimum atomic E-state index is -1.07. The van der Waals surface area contributed by atoms with Gasteiger partial charge in [-0.2, -0.15) is 4.68 Å². The summed E-state index contributed by atoms with van der Waals surface area (Å²) in [6, 6.07) is 29.7. The predicted molar refractivity (Wildman–Crippen MR) is 158 cm³/mol. The number of aromatic nitrogens is 5. The summed E-state index contributed by atoms with van der Waals surface area (Å²) in [6.07, 6.45) is 3.51. The predicted octanol–water partition coefficient (Wildman–Crippen LogP) is 6.39. The Morgan fingerprint density at radius 3 is 2.49 bits per heavy atom. The van der Waals surface area contributed by atoms with Crippen molar-refractivity contribution in [3.05, 3.63) is 149 Å². The van der Waals surface area contributed by atoms with E-state index in [1.807, 2.05) is 42.5 Å². The van der Waals surface area contributed by atoms with Crippen LogP contribution in [0.2, 0.25) is 5.02 Å². The largest absolute Gasteiger partial charge is 0.478 e. The quantitative estimate of drug-likeness (QED) is 0.157. The molecule has 0 bridgehead atoms. The molecule has 0 radical (unpaired) electrons. The normalized spacial score (nSPS) is 11.8. The van der Waals surface area contributed by atoms with Gasteiger partial charge in [0, 0.05) is 21.4 Å². The van der Waals surface area contributed by atoms with Crippen molar-refractivity contribution in [3.63, 3.8) is 0 Å². The molecule has 2 heterocycles. The zero-order chi connectivity index (χ0) is 29.9. The first-order valence-corrected chi connectivity index (χ1v) is 13.7. The van der Waals surface area contributed by atoms with E-state index in [0.29, 0.717) is 50.6 Å². The van der Waals surface area contributed by atoms with Gasteiger partial charge < -0.3 is 5.11 Å². The summed E-state index contributed by atoms with van der Waals surface area (Å²) in [5, 5.41) is 32.8. The van der Waals surface area contributed by atoms with Gasteiger partial charge in [0.25, 0.3) is 0 Å². The highest BCUT2D eigenvalue weighted by molar-refractivity contribution is 6.31. The summed E-state index contributed by atoms with van der Waals surface area (Å²) in [5.74, 6) is -2.00. The SMILES string of the molecule is O=C(O)c1cccc(-c2cc(F)cc(C(Cc3ccccc3)c3ccc(-c4cc(Cl)ccc4-n4cnnn4)c[n+]3O)c2)c1. The maximum atomic E-state index is 15.2. The van der Waals surface area contributed by atoms with Gasteiger partial charge in [0.1, 0.15) is 12.1 Å². The van der Waals surface area contributed by atoms with Crippen LogP contribution in [-0.2, 0) is 6.42 Å². The number of tetrazole rings is 1. The van der Waals surface area contributed by atoms with E-state index < -0.39 is 17.7 Å². The molecule has 10 heteroatoms. The van der Waals surface area contributed by atoms with Crippen LogP contribution in [0.3, 0.4) is 0 Å². The standard InChI is InChI=1S/C33H23ClFN5O3/c34-27-10-12-31(39-20-36-37-38-39)30(18-27)24-9-11-32(40(43)19-24)29(13-21-5-2-1-3-6-21)26-15-25(16-28(35)17-26)22-7-4-8-23(14-22)33(41)42/h1-12,14-20,29H,13H2,(H-,41,42,43)/p+1. The monoisotopic (exact) mass is 592 g/mol. The van der Waals surface area contributed by atoms with E-state index in [1.165, 1.54) is 35.3 Å². The molecule has 0 aliphatic rings. The van der Waals surface area contributed by atoms with Gasteiger partial charge in [-0.25, -0.2) is 9.18 Å². The lowest BCUT2D eigenvalue weighted by Gasteiger charge is -2.17. The van der Waals surface area contributed by atoms with Crippen LogP contribution in [0.5, 0.6) is 0 Å². The maximum absolute atomic E-state index is 15.2. The number of rotatable bonds is 8. The fraction of sp³-hybridized carbons (Fsp3) is 0.0606. The Labute approximate surface area is 250 Å². The van der Waals surface area contributed by atoms with E-state index in [9.17, 15) is 15.1 Å².